The Morgan fingerprint density at radius 3 is 2.52 bits per heavy atom. The van der Waals surface area contributed by atoms with Crippen molar-refractivity contribution < 1.29 is 32.7 Å². The van der Waals surface area contributed by atoms with E-state index in [1.165, 1.54) is 6.21 Å². The maximum atomic E-state index is 13.4. The van der Waals surface area contributed by atoms with Gasteiger partial charge >= 0.3 is 5.97 Å². The van der Waals surface area contributed by atoms with Crippen LogP contribution in [-0.2, 0) is 19.2 Å². The van der Waals surface area contributed by atoms with Gasteiger partial charge in [0.25, 0.3) is 5.91 Å². The number of amides is 1. The highest BCUT2D eigenvalue weighted by atomic mass is 19.1. The Labute approximate surface area is 153 Å². The lowest BCUT2D eigenvalue weighted by Gasteiger charge is -2.07. The van der Waals surface area contributed by atoms with Gasteiger partial charge < -0.3 is 19.6 Å². The first-order valence-corrected chi connectivity index (χ1v) is 7.68. The van der Waals surface area contributed by atoms with Crippen molar-refractivity contribution in [1.82, 2.24) is 0 Å². The summed E-state index contributed by atoms with van der Waals surface area (Å²) in [6.07, 6.45) is 1.39. The number of hydrogen-bond donors (Lipinski definition) is 1. The van der Waals surface area contributed by atoms with Crippen LogP contribution >= 0.6 is 0 Å². The average Bonchev–Trinajstić information content (AvgIpc) is 2.66. The molecule has 0 atom stereocenters. The largest absolute Gasteiger partial charge is 0.497 e. The molecule has 0 saturated heterocycles. The monoisotopic (exact) mass is 378 g/mol. The van der Waals surface area contributed by atoms with Crippen molar-refractivity contribution >= 4 is 23.8 Å². The summed E-state index contributed by atoms with van der Waals surface area (Å²) >= 11 is 0. The molecular weight excluding hydrogens is 362 g/mol. The van der Waals surface area contributed by atoms with Crippen molar-refractivity contribution in [3.63, 3.8) is 0 Å². The number of nitrogens with one attached hydrogen (secondary N) is 1. The fourth-order valence-corrected chi connectivity index (χ4v) is 1.84. The summed E-state index contributed by atoms with van der Waals surface area (Å²) in [5.74, 6) is -2.64. The van der Waals surface area contributed by atoms with Crippen molar-refractivity contribution in [1.29, 1.82) is 0 Å². The van der Waals surface area contributed by atoms with Gasteiger partial charge in [-0.05, 0) is 42.0 Å². The molecule has 0 aliphatic rings. The summed E-state index contributed by atoms with van der Waals surface area (Å²) < 4.78 is 35.8. The summed E-state index contributed by atoms with van der Waals surface area (Å²) in [5.41, 5.74) is 0.502. The molecular formula is C18H16F2N2O5. The zero-order chi connectivity index (χ0) is 19.6. The van der Waals surface area contributed by atoms with E-state index < -0.39 is 36.7 Å². The Morgan fingerprint density at radius 1 is 1.11 bits per heavy atom. The third-order valence-corrected chi connectivity index (χ3v) is 3.14. The first kappa shape index (κ1) is 19.8. The van der Waals surface area contributed by atoms with E-state index in [-0.39, 0.29) is 5.69 Å². The number of hydrogen-bond acceptors (Lipinski definition) is 6. The molecule has 0 aromatic heterocycles. The lowest BCUT2D eigenvalue weighted by molar-refractivity contribution is -0.151. The number of anilines is 1. The quantitative estimate of drug-likeness (QED) is 0.433. The van der Waals surface area contributed by atoms with Crippen LogP contribution in [0.15, 0.2) is 47.6 Å². The molecule has 0 heterocycles. The van der Waals surface area contributed by atoms with Gasteiger partial charge in [0.05, 0.1) is 19.0 Å². The number of benzene rings is 2. The summed E-state index contributed by atoms with van der Waals surface area (Å²) in [4.78, 5) is 27.8. The number of carbonyl (C=O) groups excluding carboxylic acids is 2. The van der Waals surface area contributed by atoms with Crippen LogP contribution in [0.4, 0.5) is 14.5 Å². The van der Waals surface area contributed by atoms with Crippen LogP contribution in [-0.4, -0.2) is 38.4 Å². The smallest absolute Gasteiger partial charge is 0.347 e. The second-order valence-electron chi connectivity index (χ2n) is 5.11. The average molecular weight is 378 g/mol. The molecule has 2 aromatic rings. The Bertz CT molecular complexity index is 825. The van der Waals surface area contributed by atoms with Crippen LogP contribution in [0.2, 0.25) is 0 Å². The normalized spacial score (nSPS) is 10.5. The van der Waals surface area contributed by atoms with Crippen LogP contribution < -0.4 is 10.1 Å². The number of oxime groups is 1. The molecule has 0 unspecified atom stereocenters. The summed E-state index contributed by atoms with van der Waals surface area (Å²) in [6.45, 7) is -1.16. The van der Waals surface area contributed by atoms with Gasteiger partial charge in [0, 0.05) is 6.07 Å². The SMILES string of the molecule is COc1ccc(/C=N\OCC(=O)OCC(=O)Nc2ccc(F)cc2F)cc1. The number of ether oxygens (including phenoxy) is 2. The molecule has 0 fully saturated rings. The molecule has 0 spiro atoms. The number of methoxy groups -OCH3 is 1. The second-order valence-corrected chi connectivity index (χ2v) is 5.11. The molecule has 142 valence electrons. The number of esters is 1. The maximum Gasteiger partial charge on any atom is 0.347 e. The number of halogens is 2. The van der Waals surface area contributed by atoms with E-state index in [0.717, 1.165) is 17.7 Å². The molecule has 27 heavy (non-hydrogen) atoms. The zero-order valence-electron chi connectivity index (χ0n) is 14.3. The number of rotatable bonds is 8. The van der Waals surface area contributed by atoms with E-state index in [1.807, 2.05) is 0 Å². The molecule has 0 radical (unpaired) electrons. The minimum atomic E-state index is -0.939. The van der Waals surface area contributed by atoms with Gasteiger partial charge in [0.2, 0.25) is 6.61 Å². The van der Waals surface area contributed by atoms with Crippen LogP contribution in [0.3, 0.4) is 0 Å². The van der Waals surface area contributed by atoms with Crippen molar-refractivity contribution in [2.24, 2.45) is 5.16 Å². The Hall–Kier alpha value is -3.49. The minimum absolute atomic E-state index is 0.224. The maximum absolute atomic E-state index is 13.4. The summed E-state index contributed by atoms with van der Waals surface area (Å²) in [7, 11) is 1.55. The molecule has 0 aliphatic carbocycles. The van der Waals surface area contributed by atoms with Crippen LogP contribution in [0.5, 0.6) is 5.75 Å². The highest BCUT2D eigenvalue weighted by Gasteiger charge is 2.11. The molecule has 0 aliphatic heterocycles. The molecule has 1 N–H and O–H groups in total. The Balaban J connectivity index is 1.69. The molecule has 9 heteroatoms. The van der Waals surface area contributed by atoms with E-state index in [9.17, 15) is 18.4 Å². The topological polar surface area (TPSA) is 86.2 Å². The predicted molar refractivity (Wildman–Crippen MR) is 92.5 cm³/mol. The van der Waals surface area contributed by atoms with Crippen molar-refractivity contribution in [3.8, 4) is 5.75 Å². The van der Waals surface area contributed by atoms with E-state index >= 15 is 0 Å². The molecule has 7 nitrogen and oxygen atoms in total. The van der Waals surface area contributed by atoms with Crippen LogP contribution in [0.1, 0.15) is 5.56 Å². The van der Waals surface area contributed by atoms with Crippen molar-refractivity contribution in [2.45, 2.75) is 0 Å². The highest BCUT2D eigenvalue weighted by molar-refractivity contribution is 5.92. The number of carbonyl (C=O) groups is 2. The van der Waals surface area contributed by atoms with Gasteiger partial charge in [-0.3, -0.25) is 4.79 Å². The number of nitrogens with zero attached hydrogens (tertiary/aromatic N) is 1. The van der Waals surface area contributed by atoms with Crippen molar-refractivity contribution in [2.75, 3.05) is 25.6 Å². The van der Waals surface area contributed by atoms with Crippen molar-refractivity contribution in [3.05, 3.63) is 59.7 Å². The first-order valence-electron chi connectivity index (χ1n) is 7.68. The van der Waals surface area contributed by atoms with E-state index in [4.69, 9.17) is 9.57 Å². The summed E-state index contributed by atoms with van der Waals surface area (Å²) in [5, 5.41) is 5.75. The van der Waals surface area contributed by atoms with Gasteiger partial charge in [-0.25, -0.2) is 13.6 Å². The van der Waals surface area contributed by atoms with Gasteiger partial charge in [0.15, 0.2) is 6.61 Å². The Morgan fingerprint density at radius 2 is 1.85 bits per heavy atom. The fourth-order valence-electron chi connectivity index (χ4n) is 1.84. The van der Waals surface area contributed by atoms with Gasteiger partial charge in [-0.15, -0.1) is 0 Å². The third-order valence-electron chi connectivity index (χ3n) is 3.14. The van der Waals surface area contributed by atoms with E-state index in [1.54, 1.807) is 31.4 Å². The highest BCUT2D eigenvalue weighted by Crippen LogP contribution is 2.14. The Kier molecular flexibility index (Phi) is 7.24. The van der Waals surface area contributed by atoms with E-state index in [2.05, 4.69) is 15.2 Å². The van der Waals surface area contributed by atoms with Crippen LogP contribution in [0, 0.1) is 11.6 Å². The zero-order valence-corrected chi connectivity index (χ0v) is 14.3. The standard InChI is InChI=1S/C18H16F2N2O5/c1-25-14-5-2-12(3-6-14)9-21-27-11-18(24)26-10-17(23)22-16-7-4-13(19)8-15(16)20/h2-9H,10-11H2,1H3,(H,22,23)/b21-9-. The van der Waals surface area contributed by atoms with Gasteiger partial charge in [0.1, 0.15) is 17.4 Å². The minimum Gasteiger partial charge on any atom is -0.497 e. The fraction of sp³-hybridized carbons (Fsp3) is 0.167. The predicted octanol–water partition coefficient (Wildman–Crippen LogP) is 2.51. The van der Waals surface area contributed by atoms with Gasteiger partial charge in [-0.1, -0.05) is 5.16 Å². The van der Waals surface area contributed by atoms with E-state index in [0.29, 0.717) is 11.8 Å². The molecule has 0 bridgehead atoms. The van der Waals surface area contributed by atoms with Crippen LogP contribution in [0.25, 0.3) is 0 Å². The lowest BCUT2D eigenvalue weighted by atomic mass is 10.2. The van der Waals surface area contributed by atoms with Gasteiger partial charge in [-0.2, -0.15) is 0 Å². The second kappa shape index (κ2) is 9.85. The molecule has 1 amide bonds. The molecule has 2 rings (SSSR count). The molecule has 2 aromatic carbocycles. The third kappa shape index (κ3) is 6.73. The molecule has 0 saturated carbocycles. The lowest BCUT2D eigenvalue weighted by Crippen LogP contribution is -2.23. The first-order chi connectivity index (χ1) is 13.0. The summed E-state index contributed by atoms with van der Waals surface area (Å²) in [6, 6.07) is 9.61.